The van der Waals surface area contributed by atoms with Crippen LogP contribution in [0.2, 0.25) is 0 Å². The van der Waals surface area contributed by atoms with Gasteiger partial charge in [0.25, 0.3) is 0 Å². The molecule has 0 unspecified atom stereocenters. The lowest BCUT2D eigenvalue weighted by Gasteiger charge is -2.02. The van der Waals surface area contributed by atoms with Gasteiger partial charge in [0.2, 0.25) is 0 Å². The maximum absolute atomic E-state index is 4.94. The normalized spacial score (nSPS) is 12.3. The first-order valence-electron chi connectivity index (χ1n) is 9.08. The molecule has 0 aliphatic carbocycles. The minimum atomic E-state index is 0.850. The Labute approximate surface area is 157 Å². The van der Waals surface area contributed by atoms with Crippen LogP contribution in [-0.2, 0) is 0 Å². The molecule has 5 aromatic heterocycles. The first kappa shape index (κ1) is 14.0. The number of rotatable bonds is 1. The Bertz CT molecular complexity index is 1550. The van der Waals surface area contributed by atoms with Crippen molar-refractivity contribution >= 4 is 38.7 Å². The van der Waals surface area contributed by atoms with E-state index in [1.54, 1.807) is 12.4 Å². The predicted octanol–water partition coefficient (Wildman–Crippen LogP) is 3.73. The predicted molar refractivity (Wildman–Crippen MR) is 107 cm³/mol. The second kappa shape index (κ2) is 4.77. The second-order valence-corrected chi connectivity index (χ2v) is 6.84. The maximum Gasteiger partial charge on any atom is 0.163 e. The topological polar surface area (TPSA) is 56.8 Å². The smallest absolute Gasteiger partial charge is 0.163 e. The monoisotopic (exact) mass is 363 g/mol. The van der Waals surface area contributed by atoms with Gasteiger partial charge in [0, 0.05) is 29.0 Å². The highest BCUT2D eigenvalue weighted by Gasteiger charge is 2.17. The maximum atomic E-state index is 4.94. The van der Waals surface area contributed by atoms with Gasteiger partial charge in [-0.2, -0.15) is 23.7 Å². The fourth-order valence-corrected chi connectivity index (χ4v) is 4.22. The molecular formula is C21H13N7. The van der Waals surface area contributed by atoms with E-state index in [9.17, 15) is 0 Å². The summed E-state index contributed by atoms with van der Waals surface area (Å²) in [5.74, 6) is 0.850. The number of aromatic nitrogens is 7. The van der Waals surface area contributed by atoms with Crippen molar-refractivity contribution in [2.24, 2.45) is 0 Å². The van der Waals surface area contributed by atoms with Gasteiger partial charge in [0.05, 0.1) is 23.4 Å². The van der Waals surface area contributed by atoms with Crippen LogP contribution < -0.4 is 0 Å². The summed E-state index contributed by atoms with van der Waals surface area (Å²) in [5, 5.41) is 16.3. The standard InChI is InChI=1S/C21H13N7/c1-3-7-16-14(5-1)15-6-2-4-8-17(15)25(16)18-13-21-27-19(9-11-23-27)26-20(10-12-22-26)28(21)24-18/h1-13H. The number of hydrogen-bond acceptors (Lipinski definition) is 3. The first-order valence-corrected chi connectivity index (χ1v) is 9.08. The van der Waals surface area contributed by atoms with Gasteiger partial charge in [-0.3, -0.25) is 4.57 Å². The summed E-state index contributed by atoms with van der Waals surface area (Å²) in [6, 6.07) is 22.9. The number of hydrogen-bond donors (Lipinski definition) is 0. The van der Waals surface area contributed by atoms with E-state index in [1.807, 2.05) is 25.7 Å². The van der Waals surface area contributed by atoms with E-state index in [2.05, 4.69) is 69.4 Å². The highest BCUT2D eigenvalue weighted by molar-refractivity contribution is 6.09. The van der Waals surface area contributed by atoms with E-state index in [1.165, 1.54) is 10.8 Å². The number of fused-ring (bicyclic) bond motifs is 9. The third-order valence-corrected chi connectivity index (χ3v) is 5.38. The van der Waals surface area contributed by atoms with Crippen molar-refractivity contribution < 1.29 is 0 Å². The quantitative estimate of drug-likeness (QED) is 0.447. The van der Waals surface area contributed by atoms with Gasteiger partial charge in [-0.05, 0) is 12.1 Å². The van der Waals surface area contributed by atoms with Gasteiger partial charge in [-0.1, -0.05) is 36.4 Å². The van der Waals surface area contributed by atoms with Crippen molar-refractivity contribution in [3.8, 4) is 5.82 Å². The third-order valence-electron chi connectivity index (χ3n) is 5.38. The molecule has 0 N–H and O–H groups in total. The van der Waals surface area contributed by atoms with Gasteiger partial charge in [-0.15, -0.1) is 5.10 Å². The number of para-hydroxylation sites is 2. The second-order valence-electron chi connectivity index (χ2n) is 6.84. The van der Waals surface area contributed by atoms with Gasteiger partial charge in [-0.25, -0.2) is 0 Å². The van der Waals surface area contributed by atoms with E-state index >= 15 is 0 Å². The number of nitrogens with zero attached hydrogens (tertiary/aromatic N) is 7. The third kappa shape index (κ3) is 1.57. The average molecular weight is 363 g/mol. The van der Waals surface area contributed by atoms with Crippen molar-refractivity contribution in [2.45, 2.75) is 0 Å². The summed E-state index contributed by atoms with van der Waals surface area (Å²) < 4.78 is 7.82. The summed E-state index contributed by atoms with van der Waals surface area (Å²) in [5.41, 5.74) is 4.96. The minimum Gasteiger partial charge on any atom is -0.292 e. The average Bonchev–Trinajstić information content (AvgIpc) is 3.49. The molecule has 0 spiro atoms. The van der Waals surface area contributed by atoms with Gasteiger partial charge >= 0.3 is 0 Å². The Morgan fingerprint density at radius 3 is 1.82 bits per heavy atom. The lowest BCUT2D eigenvalue weighted by molar-refractivity contribution is 0.823. The van der Waals surface area contributed by atoms with Crippen LogP contribution in [0.15, 0.2) is 79.1 Å². The highest BCUT2D eigenvalue weighted by Crippen LogP contribution is 2.31. The lowest BCUT2D eigenvalue weighted by Crippen LogP contribution is -2.04. The fraction of sp³-hybridized carbons (Fsp3) is 0. The molecule has 7 aromatic rings. The number of benzene rings is 2. The van der Waals surface area contributed by atoms with Crippen LogP contribution in [0.25, 0.3) is 44.6 Å². The van der Waals surface area contributed by atoms with Crippen LogP contribution in [0.4, 0.5) is 0 Å². The van der Waals surface area contributed by atoms with E-state index in [0.717, 1.165) is 33.8 Å². The first-order chi connectivity index (χ1) is 13.9. The zero-order valence-corrected chi connectivity index (χ0v) is 14.6. The summed E-state index contributed by atoms with van der Waals surface area (Å²) >= 11 is 0. The van der Waals surface area contributed by atoms with E-state index < -0.39 is 0 Å². The minimum absolute atomic E-state index is 0.850. The Balaban J connectivity index is 1.69. The molecule has 0 bridgehead atoms. The van der Waals surface area contributed by atoms with Crippen LogP contribution in [0.3, 0.4) is 0 Å². The van der Waals surface area contributed by atoms with Crippen LogP contribution >= 0.6 is 0 Å². The van der Waals surface area contributed by atoms with Gasteiger partial charge < -0.3 is 0 Å². The molecule has 132 valence electrons. The molecule has 0 saturated heterocycles. The van der Waals surface area contributed by atoms with Crippen LogP contribution in [0.1, 0.15) is 0 Å². The van der Waals surface area contributed by atoms with Gasteiger partial charge in [0.15, 0.2) is 22.8 Å². The Kier molecular flexibility index (Phi) is 2.39. The van der Waals surface area contributed by atoms with Gasteiger partial charge in [0.1, 0.15) is 0 Å². The molecule has 0 amide bonds. The van der Waals surface area contributed by atoms with Crippen LogP contribution in [-0.4, -0.2) is 33.4 Å². The molecule has 7 rings (SSSR count). The Hall–Kier alpha value is -4.13. The summed E-state index contributed by atoms with van der Waals surface area (Å²) in [7, 11) is 0. The molecule has 28 heavy (non-hydrogen) atoms. The molecule has 2 aromatic carbocycles. The summed E-state index contributed by atoms with van der Waals surface area (Å²) in [6.07, 6.45) is 3.56. The van der Waals surface area contributed by atoms with Crippen molar-refractivity contribution in [3.05, 3.63) is 79.1 Å². The summed E-state index contributed by atoms with van der Waals surface area (Å²) in [6.45, 7) is 0. The molecule has 7 heteroatoms. The van der Waals surface area contributed by atoms with Crippen molar-refractivity contribution in [1.82, 2.24) is 33.4 Å². The molecule has 7 nitrogen and oxygen atoms in total. The molecule has 0 fully saturated rings. The van der Waals surface area contributed by atoms with Crippen molar-refractivity contribution in [3.63, 3.8) is 0 Å². The van der Waals surface area contributed by atoms with E-state index in [4.69, 9.17) is 5.10 Å². The molecular weight excluding hydrogens is 350 g/mol. The molecule has 0 aliphatic heterocycles. The molecule has 0 aliphatic rings. The fourth-order valence-electron chi connectivity index (χ4n) is 4.22. The SMILES string of the molecule is c1ccc2c(c1)c1ccccc1n2-c1cc2n3nccc3n3nccc3n2n1. The Morgan fingerprint density at radius 2 is 1.14 bits per heavy atom. The zero-order chi connectivity index (χ0) is 18.2. The largest absolute Gasteiger partial charge is 0.292 e. The highest BCUT2D eigenvalue weighted by atomic mass is 15.4. The van der Waals surface area contributed by atoms with Crippen LogP contribution in [0, 0.1) is 0 Å². The molecule has 0 radical (unpaired) electrons. The van der Waals surface area contributed by atoms with E-state index in [0.29, 0.717) is 0 Å². The van der Waals surface area contributed by atoms with Crippen molar-refractivity contribution in [2.75, 3.05) is 0 Å². The van der Waals surface area contributed by atoms with Crippen molar-refractivity contribution in [1.29, 1.82) is 0 Å². The molecule has 0 saturated carbocycles. The lowest BCUT2D eigenvalue weighted by atomic mass is 10.2. The zero-order valence-electron chi connectivity index (χ0n) is 14.6. The van der Waals surface area contributed by atoms with Crippen LogP contribution in [0.5, 0.6) is 0 Å². The Morgan fingerprint density at radius 1 is 0.571 bits per heavy atom. The summed E-state index contributed by atoms with van der Waals surface area (Å²) in [4.78, 5) is 0. The molecule has 0 atom stereocenters. The van der Waals surface area contributed by atoms with E-state index in [-0.39, 0.29) is 0 Å². The molecule has 5 heterocycles.